The number of anilines is 1. The molecule has 0 aliphatic rings. The van der Waals surface area contributed by atoms with Gasteiger partial charge in [-0.05, 0) is 32.4 Å². The molecule has 4 nitrogen and oxygen atoms in total. The molecule has 1 aromatic rings. The van der Waals surface area contributed by atoms with E-state index in [2.05, 4.69) is 5.32 Å². The Labute approximate surface area is 123 Å². The molecular formula is C15H26N2O2S. The number of para-hydroxylation sites is 1. The Bertz CT molecular complexity index is 526. The predicted molar refractivity (Wildman–Crippen MR) is 85.7 cm³/mol. The molecule has 0 radical (unpaired) electrons. The van der Waals surface area contributed by atoms with Gasteiger partial charge in [0, 0.05) is 19.1 Å². The van der Waals surface area contributed by atoms with Gasteiger partial charge in [0.1, 0.15) is 0 Å². The highest BCUT2D eigenvalue weighted by Crippen LogP contribution is 2.24. The highest BCUT2D eigenvalue weighted by molar-refractivity contribution is 7.93. The monoisotopic (exact) mass is 298 g/mol. The van der Waals surface area contributed by atoms with Crippen molar-refractivity contribution in [2.24, 2.45) is 0 Å². The van der Waals surface area contributed by atoms with Gasteiger partial charge in [-0.25, -0.2) is 8.42 Å². The van der Waals surface area contributed by atoms with Crippen LogP contribution in [0.25, 0.3) is 0 Å². The molecule has 1 unspecified atom stereocenters. The van der Waals surface area contributed by atoms with Gasteiger partial charge in [-0.1, -0.05) is 32.0 Å². The molecule has 20 heavy (non-hydrogen) atoms. The van der Waals surface area contributed by atoms with Gasteiger partial charge < -0.3 is 5.32 Å². The largest absolute Gasteiger partial charge is 0.313 e. The van der Waals surface area contributed by atoms with Crippen LogP contribution in [0.4, 0.5) is 5.69 Å². The number of aryl methyl sites for hydroxylation is 1. The molecule has 0 saturated heterocycles. The quantitative estimate of drug-likeness (QED) is 0.841. The minimum atomic E-state index is -3.35. The normalized spacial score (nSPS) is 13.5. The van der Waals surface area contributed by atoms with Crippen LogP contribution in [0, 0.1) is 6.92 Å². The Balaban J connectivity index is 3.01. The second-order valence-corrected chi connectivity index (χ2v) is 7.65. The fraction of sp³-hybridized carbons (Fsp3) is 0.600. The van der Waals surface area contributed by atoms with E-state index < -0.39 is 15.3 Å². The standard InChI is InChI=1S/C15H26N2O2S/c1-6-17(15-10-8-7-9-13(15)4)20(18,19)14(5)11-16-12(2)3/h7-10,12,14,16H,6,11H2,1-5H3. The summed E-state index contributed by atoms with van der Waals surface area (Å²) < 4.78 is 26.9. The molecule has 0 fully saturated rings. The van der Waals surface area contributed by atoms with Crippen molar-refractivity contribution in [3.05, 3.63) is 29.8 Å². The summed E-state index contributed by atoms with van der Waals surface area (Å²) in [5.41, 5.74) is 1.74. The minimum Gasteiger partial charge on any atom is -0.313 e. The van der Waals surface area contributed by atoms with E-state index in [0.717, 1.165) is 11.3 Å². The van der Waals surface area contributed by atoms with Crippen LogP contribution in [0.3, 0.4) is 0 Å². The fourth-order valence-electron chi connectivity index (χ4n) is 2.05. The maximum absolute atomic E-state index is 12.7. The molecule has 0 aliphatic carbocycles. The zero-order chi connectivity index (χ0) is 15.3. The van der Waals surface area contributed by atoms with Crippen LogP contribution in [0.1, 0.15) is 33.3 Å². The Morgan fingerprint density at radius 2 is 1.80 bits per heavy atom. The molecule has 0 heterocycles. The predicted octanol–water partition coefficient (Wildman–Crippen LogP) is 2.54. The second-order valence-electron chi connectivity index (χ2n) is 5.37. The van der Waals surface area contributed by atoms with Crippen molar-refractivity contribution in [3.63, 3.8) is 0 Å². The third-order valence-corrected chi connectivity index (χ3v) is 5.55. The van der Waals surface area contributed by atoms with Gasteiger partial charge in [0.25, 0.3) is 0 Å². The van der Waals surface area contributed by atoms with Crippen LogP contribution in [0.2, 0.25) is 0 Å². The number of nitrogens with zero attached hydrogens (tertiary/aromatic N) is 1. The molecule has 0 aromatic heterocycles. The Morgan fingerprint density at radius 1 is 1.20 bits per heavy atom. The summed E-state index contributed by atoms with van der Waals surface area (Å²) in [7, 11) is -3.35. The van der Waals surface area contributed by atoms with Gasteiger partial charge in [-0.3, -0.25) is 4.31 Å². The molecule has 0 amide bonds. The van der Waals surface area contributed by atoms with E-state index in [4.69, 9.17) is 0 Å². The molecule has 1 aromatic carbocycles. The molecule has 0 saturated carbocycles. The van der Waals surface area contributed by atoms with Crippen molar-refractivity contribution in [3.8, 4) is 0 Å². The van der Waals surface area contributed by atoms with Gasteiger partial charge >= 0.3 is 0 Å². The van der Waals surface area contributed by atoms with Crippen molar-refractivity contribution >= 4 is 15.7 Å². The molecule has 1 atom stereocenters. The van der Waals surface area contributed by atoms with E-state index in [0.29, 0.717) is 13.1 Å². The lowest BCUT2D eigenvalue weighted by atomic mass is 10.2. The highest BCUT2D eigenvalue weighted by atomic mass is 32.2. The van der Waals surface area contributed by atoms with Crippen molar-refractivity contribution < 1.29 is 8.42 Å². The number of rotatable bonds is 7. The fourth-order valence-corrected chi connectivity index (χ4v) is 3.63. The first-order valence-electron chi connectivity index (χ1n) is 7.11. The van der Waals surface area contributed by atoms with Crippen molar-refractivity contribution in [1.29, 1.82) is 0 Å². The molecule has 0 spiro atoms. The number of hydrogen-bond acceptors (Lipinski definition) is 3. The van der Waals surface area contributed by atoms with Gasteiger partial charge in [0.2, 0.25) is 10.0 Å². The first-order chi connectivity index (χ1) is 9.30. The van der Waals surface area contributed by atoms with Crippen LogP contribution in [-0.4, -0.2) is 32.8 Å². The van der Waals surface area contributed by atoms with Crippen molar-refractivity contribution in [2.75, 3.05) is 17.4 Å². The van der Waals surface area contributed by atoms with Crippen LogP contribution in [0.15, 0.2) is 24.3 Å². The van der Waals surface area contributed by atoms with Gasteiger partial charge in [-0.15, -0.1) is 0 Å². The second kappa shape index (κ2) is 7.09. The molecule has 1 N–H and O–H groups in total. The van der Waals surface area contributed by atoms with Gasteiger partial charge in [-0.2, -0.15) is 0 Å². The summed E-state index contributed by atoms with van der Waals surface area (Å²) in [5, 5.41) is 2.74. The zero-order valence-corrected chi connectivity index (χ0v) is 13.9. The third-order valence-electron chi connectivity index (χ3n) is 3.30. The first-order valence-corrected chi connectivity index (χ1v) is 8.61. The molecule has 5 heteroatoms. The molecule has 1 rings (SSSR count). The van der Waals surface area contributed by atoms with Crippen molar-refractivity contribution in [1.82, 2.24) is 5.32 Å². The van der Waals surface area contributed by atoms with Crippen LogP contribution in [-0.2, 0) is 10.0 Å². The number of sulfonamides is 1. The van der Waals surface area contributed by atoms with E-state index in [9.17, 15) is 8.42 Å². The smallest absolute Gasteiger partial charge is 0.239 e. The average Bonchev–Trinajstić information content (AvgIpc) is 2.38. The summed E-state index contributed by atoms with van der Waals surface area (Å²) in [6.07, 6.45) is 0. The van der Waals surface area contributed by atoms with E-state index in [1.165, 1.54) is 4.31 Å². The number of hydrogen-bond donors (Lipinski definition) is 1. The number of benzene rings is 1. The summed E-state index contributed by atoms with van der Waals surface area (Å²) in [6.45, 7) is 10.5. The maximum atomic E-state index is 12.7. The number of nitrogens with one attached hydrogen (secondary N) is 1. The highest BCUT2D eigenvalue weighted by Gasteiger charge is 2.28. The van der Waals surface area contributed by atoms with Crippen LogP contribution >= 0.6 is 0 Å². The van der Waals surface area contributed by atoms with E-state index in [-0.39, 0.29) is 6.04 Å². The summed E-state index contributed by atoms with van der Waals surface area (Å²) in [5.74, 6) is 0. The Morgan fingerprint density at radius 3 is 2.30 bits per heavy atom. The van der Waals surface area contributed by atoms with E-state index >= 15 is 0 Å². The Hall–Kier alpha value is -1.07. The molecular weight excluding hydrogens is 272 g/mol. The first kappa shape index (κ1) is 17.0. The van der Waals surface area contributed by atoms with Crippen LogP contribution in [0.5, 0.6) is 0 Å². The van der Waals surface area contributed by atoms with Crippen LogP contribution < -0.4 is 9.62 Å². The van der Waals surface area contributed by atoms with E-state index in [1.54, 1.807) is 6.92 Å². The average molecular weight is 298 g/mol. The topological polar surface area (TPSA) is 49.4 Å². The van der Waals surface area contributed by atoms with Gasteiger partial charge in [0.05, 0.1) is 10.9 Å². The zero-order valence-electron chi connectivity index (χ0n) is 13.1. The van der Waals surface area contributed by atoms with E-state index in [1.807, 2.05) is 52.0 Å². The Kier molecular flexibility index (Phi) is 6.02. The lowest BCUT2D eigenvalue weighted by molar-refractivity contribution is 0.547. The molecule has 0 bridgehead atoms. The van der Waals surface area contributed by atoms with Gasteiger partial charge in [0.15, 0.2) is 0 Å². The summed E-state index contributed by atoms with van der Waals surface area (Å²) in [6, 6.07) is 7.87. The summed E-state index contributed by atoms with van der Waals surface area (Å²) >= 11 is 0. The summed E-state index contributed by atoms with van der Waals surface area (Å²) in [4.78, 5) is 0. The lowest BCUT2D eigenvalue weighted by Crippen LogP contribution is -2.43. The third kappa shape index (κ3) is 3.96. The SMILES string of the molecule is CCN(c1ccccc1C)S(=O)(=O)C(C)CNC(C)C. The lowest BCUT2D eigenvalue weighted by Gasteiger charge is -2.28. The molecule has 114 valence electrons. The van der Waals surface area contributed by atoms with Crippen molar-refractivity contribution in [2.45, 2.75) is 45.9 Å². The maximum Gasteiger partial charge on any atom is 0.239 e. The minimum absolute atomic E-state index is 0.279. The molecule has 0 aliphatic heterocycles.